The molecule has 0 aromatic carbocycles. The molecule has 0 amide bonds. The first-order valence-electron chi connectivity index (χ1n) is 6.50. The first-order chi connectivity index (χ1) is 9.69. The minimum atomic E-state index is -0.667. The molecule has 106 valence electrons. The molecule has 1 aliphatic carbocycles. The Kier molecular flexibility index (Phi) is 3.56. The Hall–Kier alpha value is -1.69. The topological polar surface area (TPSA) is 28.2 Å². The van der Waals surface area contributed by atoms with Crippen molar-refractivity contribution in [2.45, 2.75) is 25.4 Å². The Bertz CT molecular complexity index is 597. The molecule has 1 N–H and O–H groups in total. The number of aromatic nitrogens is 1. The lowest BCUT2D eigenvalue weighted by atomic mass is 10.3. The molecule has 0 saturated heterocycles. The van der Waals surface area contributed by atoms with Crippen LogP contribution in [0.1, 0.15) is 18.4 Å². The van der Waals surface area contributed by atoms with Crippen LogP contribution in [0.5, 0.6) is 0 Å². The molecular weight excluding hydrogens is 280 g/mol. The van der Waals surface area contributed by atoms with Gasteiger partial charge < -0.3 is 10.2 Å². The molecule has 0 spiro atoms. The first kappa shape index (κ1) is 13.3. The number of thiophene rings is 1. The molecular formula is C14H15F2N3S. The van der Waals surface area contributed by atoms with E-state index in [1.807, 2.05) is 21.7 Å². The summed E-state index contributed by atoms with van der Waals surface area (Å²) in [5.41, 5.74) is 1.12. The summed E-state index contributed by atoms with van der Waals surface area (Å²) in [5.74, 6) is -0.967. The van der Waals surface area contributed by atoms with Crippen molar-refractivity contribution in [2.24, 2.45) is 0 Å². The van der Waals surface area contributed by atoms with E-state index in [1.165, 1.54) is 0 Å². The Labute approximate surface area is 120 Å². The van der Waals surface area contributed by atoms with Gasteiger partial charge in [0.25, 0.3) is 0 Å². The van der Waals surface area contributed by atoms with Gasteiger partial charge in [-0.05, 0) is 35.2 Å². The average molecular weight is 295 g/mol. The van der Waals surface area contributed by atoms with E-state index in [1.54, 1.807) is 18.4 Å². The summed E-state index contributed by atoms with van der Waals surface area (Å²) in [7, 11) is 1.58. The summed E-state index contributed by atoms with van der Waals surface area (Å²) in [6.07, 6.45) is 2.05. The van der Waals surface area contributed by atoms with Crippen LogP contribution in [0.2, 0.25) is 0 Å². The zero-order valence-corrected chi connectivity index (χ0v) is 11.9. The van der Waals surface area contributed by atoms with E-state index in [0.717, 1.165) is 24.5 Å². The second-order valence-electron chi connectivity index (χ2n) is 4.86. The van der Waals surface area contributed by atoms with Gasteiger partial charge in [-0.2, -0.15) is 11.3 Å². The average Bonchev–Trinajstić information content (AvgIpc) is 3.14. The standard InChI is InChI=1S/C14H15F2N3S/c1-17-13-11(15)6-12(16)14(18-13)19(10-2-3-10)7-9-4-5-20-8-9/h4-6,8,10H,2-3,7H2,1H3,(H,17,18). The minimum absolute atomic E-state index is 0.0809. The third kappa shape index (κ3) is 2.60. The quantitative estimate of drug-likeness (QED) is 0.913. The highest BCUT2D eigenvalue weighted by Crippen LogP contribution is 2.34. The predicted molar refractivity (Wildman–Crippen MR) is 77.2 cm³/mol. The molecule has 6 heteroatoms. The smallest absolute Gasteiger partial charge is 0.168 e. The van der Waals surface area contributed by atoms with Crippen molar-refractivity contribution in [3.63, 3.8) is 0 Å². The van der Waals surface area contributed by atoms with Crippen molar-refractivity contribution < 1.29 is 8.78 Å². The van der Waals surface area contributed by atoms with Crippen LogP contribution in [-0.2, 0) is 6.54 Å². The maximum Gasteiger partial charge on any atom is 0.168 e. The van der Waals surface area contributed by atoms with Crippen LogP contribution in [-0.4, -0.2) is 18.1 Å². The lowest BCUT2D eigenvalue weighted by Crippen LogP contribution is -2.27. The molecule has 0 unspecified atom stereocenters. The Morgan fingerprint density at radius 2 is 2.20 bits per heavy atom. The lowest BCUT2D eigenvalue weighted by molar-refractivity contribution is 0.568. The molecule has 0 radical (unpaired) electrons. The normalized spacial score (nSPS) is 14.3. The van der Waals surface area contributed by atoms with E-state index in [-0.39, 0.29) is 11.6 Å². The van der Waals surface area contributed by atoms with Crippen molar-refractivity contribution in [1.29, 1.82) is 0 Å². The molecule has 1 aliphatic rings. The van der Waals surface area contributed by atoms with E-state index in [2.05, 4.69) is 10.3 Å². The van der Waals surface area contributed by atoms with Crippen LogP contribution in [0.15, 0.2) is 22.9 Å². The Morgan fingerprint density at radius 1 is 1.40 bits per heavy atom. The van der Waals surface area contributed by atoms with Gasteiger partial charge in [0.2, 0.25) is 0 Å². The lowest BCUT2D eigenvalue weighted by Gasteiger charge is -2.24. The molecule has 3 nitrogen and oxygen atoms in total. The molecule has 20 heavy (non-hydrogen) atoms. The Balaban J connectivity index is 1.94. The maximum absolute atomic E-state index is 14.1. The molecule has 3 rings (SSSR count). The van der Waals surface area contributed by atoms with Crippen LogP contribution in [0.25, 0.3) is 0 Å². The first-order valence-corrected chi connectivity index (χ1v) is 7.45. The second-order valence-corrected chi connectivity index (χ2v) is 5.64. The van der Waals surface area contributed by atoms with Gasteiger partial charge in [0, 0.05) is 25.7 Å². The van der Waals surface area contributed by atoms with Gasteiger partial charge in [0.05, 0.1) is 0 Å². The van der Waals surface area contributed by atoms with Gasteiger partial charge in [-0.25, -0.2) is 13.8 Å². The summed E-state index contributed by atoms with van der Waals surface area (Å²) < 4.78 is 27.6. The Morgan fingerprint density at radius 3 is 2.80 bits per heavy atom. The van der Waals surface area contributed by atoms with Crippen molar-refractivity contribution in [3.8, 4) is 0 Å². The number of anilines is 2. The molecule has 0 atom stereocenters. The number of halogens is 2. The van der Waals surface area contributed by atoms with E-state index in [4.69, 9.17) is 0 Å². The summed E-state index contributed by atoms with van der Waals surface area (Å²) >= 11 is 1.61. The summed E-state index contributed by atoms with van der Waals surface area (Å²) in [4.78, 5) is 6.03. The van der Waals surface area contributed by atoms with Gasteiger partial charge in [0.15, 0.2) is 23.3 Å². The number of rotatable bonds is 5. The van der Waals surface area contributed by atoms with Crippen LogP contribution < -0.4 is 10.2 Å². The van der Waals surface area contributed by atoms with Crippen LogP contribution in [0.4, 0.5) is 20.4 Å². The number of hydrogen-bond acceptors (Lipinski definition) is 4. The SMILES string of the molecule is CNc1nc(N(Cc2ccsc2)C2CC2)c(F)cc1F. The monoisotopic (exact) mass is 295 g/mol. The van der Waals surface area contributed by atoms with E-state index in [0.29, 0.717) is 12.6 Å². The molecule has 2 aromatic heterocycles. The largest absolute Gasteiger partial charge is 0.371 e. The van der Waals surface area contributed by atoms with Crippen LogP contribution >= 0.6 is 11.3 Å². The van der Waals surface area contributed by atoms with E-state index >= 15 is 0 Å². The molecule has 2 heterocycles. The number of pyridine rings is 1. The molecule has 1 fully saturated rings. The van der Waals surface area contributed by atoms with Gasteiger partial charge in [-0.15, -0.1) is 0 Å². The molecule has 1 saturated carbocycles. The van der Waals surface area contributed by atoms with Crippen LogP contribution in [0, 0.1) is 11.6 Å². The zero-order chi connectivity index (χ0) is 14.1. The van der Waals surface area contributed by atoms with Crippen LogP contribution in [0.3, 0.4) is 0 Å². The van der Waals surface area contributed by atoms with Gasteiger partial charge in [-0.3, -0.25) is 0 Å². The number of hydrogen-bond donors (Lipinski definition) is 1. The van der Waals surface area contributed by atoms with Crippen molar-refractivity contribution >= 4 is 23.0 Å². The van der Waals surface area contributed by atoms with E-state index in [9.17, 15) is 8.78 Å². The third-order valence-electron chi connectivity index (χ3n) is 3.34. The van der Waals surface area contributed by atoms with Crippen molar-refractivity contribution in [1.82, 2.24) is 4.98 Å². The van der Waals surface area contributed by atoms with Crippen molar-refractivity contribution in [2.75, 3.05) is 17.3 Å². The highest BCUT2D eigenvalue weighted by molar-refractivity contribution is 7.07. The van der Waals surface area contributed by atoms with Crippen molar-refractivity contribution in [3.05, 3.63) is 40.1 Å². The number of nitrogens with zero attached hydrogens (tertiary/aromatic N) is 2. The fraction of sp³-hybridized carbons (Fsp3) is 0.357. The summed E-state index contributed by atoms with van der Waals surface area (Å²) in [6.45, 7) is 0.604. The second kappa shape index (κ2) is 5.36. The van der Waals surface area contributed by atoms with Gasteiger partial charge in [0.1, 0.15) is 0 Å². The highest BCUT2D eigenvalue weighted by Gasteiger charge is 2.32. The molecule has 0 bridgehead atoms. The fourth-order valence-electron chi connectivity index (χ4n) is 2.18. The van der Waals surface area contributed by atoms with Gasteiger partial charge in [-0.1, -0.05) is 0 Å². The highest BCUT2D eigenvalue weighted by atomic mass is 32.1. The maximum atomic E-state index is 14.1. The minimum Gasteiger partial charge on any atom is -0.371 e. The summed E-state index contributed by atoms with van der Waals surface area (Å²) in [6, 6.07) is 3.21. The fourth-order valence-corrected chi connectivity index (χ4v) is 2.84. The van der Waals surface area contributed by atoms with E-state index < -0.39 is 11.6 Å². The summed E-state index contributed by atoms with van der Waals surface area (Å²) in [5, 5.41) is 6.69. The molecule has 0 aliphatic heterocycles. The predicted octanol–water partition coefficient (Wildman–Crippen LogP) is 3.63. The molecule has 2 aromatic rings. The number of nitrogens with one attached hydrogen (secondary N) is 1. The van der Waals surface area contributed by atoms with Gasteiger partial charge >= 0.3 is 0 Å². The third-order valence-corrected chi connectivity index (χ3v) is 4.07. The zero-order valence-electron chi connectivity index (χ0n) is 11.1.